The minimum absolute atomic E-state index is 0.0938. The Morgan fingerprint density at radius 2 is 1.44 bits per heavy atom. The molecule has 0 radical (unpaired) electrons. The van der Waals surface area contributed by atoms with Crippen molar-refractivity contribution in [2.45, 2.75) is 6.92 Å². The number of hydrogen-bond acceptors (Lipinski definition) is 2. The molecule has 3 aromatic rings. The van der Waals surface area contributed by atoms with Crippen LogP contribution in [0.4, 0.5) is 0 Å². The van der Waals surface area contributed by atoms with Crippen molar-refractivity contribution in [2.24, 2.45) is 0 Å². The van der Waals surface area contributed by atoms with Crippen LogP contribution in [0.5, 0.6) is 9.25 Å². The predicted octanol–water partition coefficient (Wildman–Crippen LogP) is 1.91. The number of rotatable bonds is 2. The summed E-state index contributed by atoms with van der Waals surface area (Å²) in [5, 5.41) is 19.1. The zero-order valence-corrected chi connectivity index (χ0v) is 14.6. The Bertz CT molecular complexity index is 691. The van der Waals surface area contributed by atoms with Gasteiger partial charge in [0.05, 0.1) is 0 Å². The molecule has 0 aliphatic carbocycles. The van der Waals surface area contributed by atoms with Crippen molar-refractivity contribution in [3.05, 3.63) is 35.9 Å². The van der Waals surface area contributed by atoms with Gasteiger partial charge in [-0.3, -0.25) is 0 Å². The molecule has 0 unspecified atom stereocenters. The first kappa shape index (κ1) is 12.6. The summed E-state index contributed by atoms with van der Waals surface area (Å²) in [5.74, 6) is 0. The molecule has 0 amide bonds. The van der Waals surface area contributed by atoms with Crippen LogP contribution in [0.15, 0.2) is 30.3 Å². The quantitative estimate of drug-likeness (QED) is 0.605. The molecule has 3 rings (SSSR count). The van der Waals surface area contributed by atoms with Gasteiger partial charge in [0.15, 0.2) is 0 Å². The van der Waals surface area contributed by atoms with E-state index in [9.17, 15) is 10.2 Å². The summed E-state index contributed by atoms with van der Waals surface area (Å²) in [7, 11) is 0. The van der Waals surface area contributed by atoms with Gasteiger partial charge >= 0.3 is 124 Å². The van der Waals surface area contributed by atoms with E-state index in [1.807, 2.05) is 18.2 Å². The fourth-order valence-corrected chi connectivity index (χ4v) is 8.68. The molecule has 0 aromatic carbocycles. The topological polar surface area (TPSA) is 40.5 Å². The summed E-state index contributed by atoms with van der Waals surface area (Å²) in [4.78, 5) is 0. The predicted molar refractivity (Wildman–Crippen MR) is 76.2 cm³/mol. The van der Waals surface area contributed by atoms with Crippen LogP contribution in [-0.4, -0.2) is 53.7 Å². The molecule has 0 atom stereocenters. The zero-order valence-electron chi connectivity index (χ0n) is 9.51. The molecule has 0 spiro atoms. The van der Waals surface area contributed by atoms with E-state index in [1.54, 1.807) is 0 Å². The number of aromatic hydroxyl groups is 2. The fourth-order valence-electron chi connectivity index (χ4n) is 1.76. The normalized spacial score (nSPS) is 10.9. The van der Waals surface area contributed by atoms with E-state index in [0.29, 0.717) is 23.8 Å². The molecule has 0 saturated carbocycles. The monoisotopic (exact) mass is 438 g/mol. The zero-order chi connectivity index (χ0) is 12.7. The third-order valence-electron chi connectivity index (χ3n) is 2.57. The Kier molecular flexibility index (Phi) is 3.46. The van der Waals surface area contributed by atoms with Crippen LogP contribution in [-0.2, 0) is 0 Å². The minimum atomic E-state index is 0.0938. The van der Waals surface area contributed by atoms with Gasteiger partial charge in [0.2, 0.25) is 0 Å². The van der Waals surface area contributed by atoms with E-state index >= 15 is 0 Å². The van der Waals surface area contributed by atoms with Crippen molar-refractivity contribution in [3.8, 4) is 27.0 Å². The summed E-state index contributed by atoms with van der Waals surface area (Å²) >= 11 is 0.515. The second kappa shape index (κ2) is 4.94. The maximum atomic E-state index is 9.60. The van der Waals surface area contributed by atoms with Crippen LogP contribution >= 0.6 is 0 Å². The van der Waals surface area contributed by atoms with Crippen molar-refractivity contribution in [1.29, 1.82) is 0 Å². The van der Waals surface area contributed by atoms with Gasteiger partial charge in [0, 0.05) is 0 Å². The van der Waals surface area contributed by atoms with E-state index in [1.165, 1.54) is 23.3 Å². The van der Waals surface area contributed by atoms with Crippen molar-refractivity contribution < 1.29 is 10.2 Å². The summed E-state index contributed by atoms with van der Waals surface area (Å²) in [6.07, 6.45) is 0. The molecule has 0 fully saturated rings. The van der Waals surface area contributed by atoms with E-state index in [0.717, 1.165) is 0 Å². The number of hydrogen-bond donors (Lipinski definition) is 2. The molecule has 3 heterocycles. The van der Waals surface area contributed by atoms with E-state index in [-0.39, 0.29) is 29.0 Å². The van der Waals surface area contributed by atoms with Gasteiger partial charge in [-0.05, 0) is 0 Å². The third kappa shape index (κ3) is 2.35. The SMILES string of the molecule is Cc1cc(O)[se]c1-c1ccc(-c2ccc(O)[se]2)[se]1. The Balaban J connectivity index is 2.01. The molecule has 0 saturated heterocycles. The molecular formula is C13H10O2Se3. The standard InChI is InChI=1S/C13H10O2Se3/c1-7-6-12(15)18-13(7)10-3-2-8(16-10)9-4-5-11(14)17-9/h2-6,14-15H,1H3. The summed E-state index contributed by atoms with van der Waals surface area (Å²) in [6, 6.07) is 10.1. The van der Waals surface area contributed by atoms with Crippen molar-refractivity contribution in [2.75, 3.05) is 0 Å². The molecule has 18 heavy (non-hydrogen) atoms. The molecule has 5 heteroatoms. The van der Waals surface area contributed by atoms with Crippen LogP contribution < -0.4 is 0 Å². The molecule has 0 aliphatic heterocycles. The summed E-state index contributed by atoms with van der Waals surface area (Å²) in [5.41, 5.74) is 1.21. The first-order valence-corrected chi connectivity index (χ1v) is 10.5. The van der Waals surface area contributed by atoms with E-state index < -0.39 is 0 Å². The Labute approximate surface area is 123 Å². The summed E-state index contributed by atoms with van der Waals surface area (Å²) in [6.45, 7) is 2.07. The molecular weight excluding hydrogens is 425 g/mol. The van der Waals surface area contributed by atoms with Crippen LogP contribution in [0.2, 0.25) is 0 Å². The van der Waals surface area contributed by atoms with Gasteiger partial charge in [-0.25, -0.2) is 0 Å². The molecule has 0 aliphatic rings. The van der Waals surface area contributed by atoms with Crippen LogP contribution in [0.25, 0.3) is 17.7 Å². The first-order valence-electron chi connectivity index (χ1n) is 5.32. The Hall–Kier alpha value is -0.402. The average Bonchev–Trinajstić information content (AvgIpc) is 2.98. The summed E-state index contributed by atoms with van der Waals surface area (Å²) < 4.78 is 6.45. The molecule has 92 valence electrons. The van der Waals surface area contributed by atoms with Crippen LogP contribution in [0.3, 0.4) is 0 Å². The van der Waals surface area contributed by atoms with Crippen LogP contribution in [0, 0.1) is 6.92 Å². The van der Waals surface area contributed by atoms with Gasteiger partial charge < -0.3 is 0 Å². The average molecular weight is 435 g/mol. The van der Waals surface area contributed by atoms with Gasteiger partial charge in [-0.2, -0.15) is 0 Å². The van der Waals surface area contributed by atoms with Gasteiger partial charge in [0.25, 0.3) is 0 Å². The molecule has 2 nitrogen and oxygen atoms in total. The Morgan fingerprint density at radius 1 is 0.778 bits per heavy atom. The Morgan fingerprint density at radius 3 is 2.06 bits per heavy atom. The number of aryl methyl sites for hydroxylation is 1. The second-order valence-corrected chi connectivity index (χ2v) is 10.6. The van der Waals surface area contributed by atoms with E-state index in [4.69, 9.17) is 0 Å². The van der Waals surface area contributed by atoms with Gasteiger partial charge in [-0.1, -0.05) is 0 Å². The molecule has 3 aromatic heterocycles. The molecule has 0 bridgehead atoms. The van der Waals surface area contributed by atoms with E-state index in [2.05, 4.69) is 19.1 Å². The molecule has 2 N–H and O–H groups in total. The second-order valence-electron chi connectivity index (χ2n) is 3.90. The van der Waals surface area contributed by atoms with Crippen molar-refractivity contribution >= 4 is 43.5 Å². The first-order chi connectivity index (χ1) is 8.63. The van der Waals surface area contributed by atoms with Gasteiger partial charge in [-0.15, -0.1) is 0 Å². The van der Waals surface area contributed by atoms with Gasteiger partial charge in [0.1, 0.15) is 0 Å². The maximum absolute atomic E-state index is 9.60. The van der Waals surface area contributed by atoms with Crippen molar-refractivity contribution in [1.82, 2.24) is 0 Å². The third-order valence-corrected chi connectivity index (χ3v) is 10.4. The van der Waals surface area contributed by atoms with Crippen molar-refractivity contribution in [3.63, 3.8) is 0 Å². The van der Waals surface area contributed by atoms with Crippen LogP contribution in [0.1, 0.15) is 5.56 Å². The fraction of sp³-hybridized carbons (Fsp3) is 0.0769.